The molecule has 1 fully saturated rings. The van der Waals surface area contributed by atoms with Gasteiger partial charge in [-0.05, 0) is 37.5 Å². The molecule has 0 unspecified atom stereocenters. The average Bonchev–Trinajstić information content (AvgIpc) is 2.65. The molecule has 2 aromatic rings. The van der Waals surface area contributed by atoms with Crippen molar-refractivity contribution in [3.63, 3.8) is 0 Å². The smallest absolute Gasteiger partial charge is 0.198 e. The van der Waals surface area contributed by atoms with Crippen LogP contribution in [0, 0.1) is 0 Å². The van der Waals surface area contributed by atoms with E-state index in [1.165, 1.54) is 6.42 Å². The standard InChI is InChI=1S/C13H16N2O2/c1-16-13(5-2-6-13)8-12-15-10-7-9(14)3-4-11(10)17-12/h3-4,7H,2,5-6,8,14H2,1H3. The van der Waals surface area contributed by atoms with Crippen LogP contribution in [0.5, 0.6) is 0 Å². The molecule has 0 bridgehead atoms. The maximum atomic E-state index is 5.72. The summed E-state index contributed by atoms with van der Waals surface area (Å²) in [7, 11) is 1.76. The summed E-state index contributed by atoms with van der Waals surface area (Å²) in [6.45, 7) is 0. The Hall–Kier alpha value is -1.55. The topological polar surface area (TPSA) is 61.3 Å². The van der Waals surface area contributed by atoms with Crippen molar-refractivity contribution in [3.8, 4) is 0 Å². The number of oxazole rings is 1. The summed E-state index contributed by atoms with van der Waals surface area (Å²) in [6, 6.07) is 5.52. The number of ether oxygens (including phenoxy) is 1. The summed E-state index contributed by atoms with van der Waals surface area (Å²) < 4.78 is 11.3. The number of aromatic nitrogens is 1. The molecule has 0 amide bonds. The van der Waals surface area contributed by atoms with Gasteiger partial charge in [-0.25, -0.2) is 4.98 Å². The van der Waals surface area contributed by atoms with Crippen molar-refractivity contribution in [1.29, 1.82) is 0 Å². The van der Waals surface area contributed by atoms with E-state index in [1.54, 1.807) is 7.11 Å². The van der Waals surface area contributed by atoms with Crippen LogP contribution < -0.4 is 5.73 Å². The van der Waals surface area contributed by atoms with Gasteiger partial charge in [0.25, 0.3) is 0 Å². The Morgan fingerprint density at radius 1 is 1.47 bits per heavy atom. The first-order valence-corrected chi connectivity index (χ1v) is 5.91. The molecule has 17 heavy (non-hydrogen) atoms. The van der Waals surface area contributed by atoms with E-state index in [9.17, 15) is 0 Å². The highest BCUT2D eigenvalue weighted by Crippen LogP contribution is 2.38. The van der Waals surface area contributed by atoms with Gasteiger partial charge in [0.05, 0.1) is 12.0 Å². The Morgan fingerprint density at radius 2 is 2.29 bits per heavy atom. The van der Waals surface area contributed by atoms with Gasteiger partial charge in [-0.1, -0.05) is 0 Å². The molecule has 1 aromatic heterocycles. The Bertz CT molecular complexity index is 538. The maximum absolute atomic E-state index is 5.72. The third kappa shape index (κ3) is 1.78. The number of nitrogens with two attached hydrogens (primary N) is 1. The third-order valence-corrected chi connectivity index (χ3v) is 3.63. The molecule has 0 atom stereocenters. The highest BCUT2D eigenvalue weighted by molar-refractivity contribution is 5.76. The van der Waals surface area contributed by atoms with Crippen molar-refractivity contribution in [3.05, 3.63) is 24.1 Å². The first kappa shape index (κ1) is 10.6. The van der Waals surface area contributed by atoms with Gasteiger partial charge in [0.2, 0.25) is 0 Å². The molecule has 1 aliphatic carbocycles. The van der Waals surface area contributed by atoms with Crippen molar-refractivity contribution < 1.29 is 9.15 Å². The minimum absolute atomic E-state index is 0.0492. The molecular weight excluding hydrogens is 216 g/mol. The number of fused-ring (bicyclic) bond motifs is 1. The zero-order valence-electron chi connectivity index (χ0n) is 9.90. The van der Waals surface area contributed by atoms with Crippen LogP contribution in [0.2, 0.25) is 0 Å². The first-order valence-electron chi connectivity index (χ1n) is 5.91. The van der Waals surface area contributed by atoms with E-state index in [4.69, 9.17) is 14.9 Å². The molecule has 1 aliphatic rings. The minimum Gasteiger partial charge on any atom is -0.441 e. The number of hydrogen-bond acceptors (Lipinski definition) is 4. The zero-order chi connectivity index (χ0) is 11.9. The van der Waals surface area contributed by atoms with Crippen LogP contribution in [-0.4, -0.2) is 17.7 Å². The summed E-state index contributed by atoms with van der Waals surface area (Å²) in [6.07, 6.45) is 4.15. The molecule has 90 valence electrons. The number of hydrogen-bond donors (Lipinski definition) is 1. The van der Waals surface area contributed by atoms with E-state index < -0.39 is 0 Å². The van der Waals surface area contributed by atoms with Gasteiger partial charge in [-0.2, -0.15) is 0 Å². The van der Waals surface area contributed by atoms with Crippen LogP contribution in [-0.2, 0) is 11.2 Å². The number of methoxy groups -OCH3 is 1. The summed E-state index contributed by atoms with van der Waals surface area (Å²) in [4.78, 5) is 4.46. The normalized spacial score (nSPS) is 18.2. The van der Waals surface area contributed by atoms with Crippen molar-refractivity contribution in [2.45, 2.75) is 31.3 Å². The first-order chi connectivity index (χ1) is 8.21. The monoisotopic (exact) mass is 232 g/mol. The molecule has 0 spiro atoms. The van der Waals surface area contributed by atoms with E-state index >= 15 is 0 Å². The second kappa shape index (κ2) is 3.74. The Balaban J connectivity index is 1.90. The number of nitrogens with zero attached hydrogens (tertiary/aromatic N) is 1. The highest BCUT2D eigenvalue weighted by atomic mass is 16.5. The molecule has 1 heterocycles. The third-order valence-electron chi connectivity index (χ3n) is 3.63. The van der Waals surface area contributed by atoms with Gasteiger partial charge >= 0.3 is 0 Å². The molecule has 4 heteroatoms. The number of nitrogen functional groups attached to an aromatic ring is 1. The summed E-state index contributed by atoms with van der Waals surface area (Å²) in [5, 5.41) is 0. The van der Waals surface area contributed by atoms with Gasteiger partial charge in [0.1, 0.15) is 5.52 Å². The van der Waals surface area contributed by atoms with E-state index in [1.807, 2.05) is 18.2 Å². The molecule has 1 saturated carbocycles. The second-order valence-electron chi connectivity index (χ2n) is 4.75. The van der Waals surface area contributed by atoms with Gasteiger partial charge in [-0.3, -0.25) is 0 Å². The van der Waals surface area contributed by atoms with Crippen LogP contribution in [0.4, 0.5) is 5.69 Å². The lowest BCUT2D eigenvalue weighted by Crippen LogP contribution is -2.41. The largest absolute Gasteiger partial charge is 0.441 e. The van der Waals surface area contributed by atoms with Crippen LogP contribution in [0.1, 0.15) is 25.2 Å². The fraction of sp³-hybridized carbons (Fsp3) is 0.462. The lowest BCUT2D eigenvalue weighted by atomic mass is 9.77. The average molecular weight is 232 g/mol. The quantitative estimate of drug-likeness (QED) is 0.826. The molecule has 0 saturated heterocycles. The van der Waals surface area contributed by atoms with E-state index in [2.05, 4.69) is 4.98 Å². The zero-order valence-corrected chi connectivity index (χ0v) is 9.90. The van der Waals surface area contributed by atoms with Crippen LogP contribution in [0.3, 0.4) is 0 Å². The minimum atomic E-state index is -0.0492. The van der Waals surface area contributed by atoms with Crippen LogP contribution >= 0.6 is 0 Å². The fourth-order valence-corrected chi connectivity index (χ4v) is 2.37. The second-order valence-corrected chi connectivity index (χ2v) is 4.75. The lowest BCUT2D eigenvalue weighted by molar-refractivity contribution is -0.0743. The summed E-state index contributed by atoms with van der Waals surface area (Å²) in [5.41, 5.74) is 8.00. The van der Waals surface area contributed by atoms with E-state index in [0.29, 0.717) is 5.69 Å². The Morgan fingerprint density at radius 3 is 2.94 bits per heavy atom. The van der Waals surface area contributed by atoms with Crippen molar-refractivity contribution in [2.24, 2.45) is 0 Å². The van der Waals surface area contributed by atoms with Gasteiger partial charge in [0.15, 0.2) is 11.5 Å². The number of benzene rings is 1. The van der Waals surface area contributed by atoms with Crippen LogP contribution in [0.25, 0.3) is 11.1 Å². The van der Waals surface area contributed by atoms with Gasteiger partial charge < -0.3 is 14.9 Å². The number of rotatable bonds is 3. The molecule has 3 rings (SSSR count). The maximum Gasteiger partial charge on any atom is 0.198 e. The van der Waals surface area contributed by atoms with Crippen molar-refractivity contribution in [2.75, 3.05) is 12.8 Å². The van der Waals surface area contributed by atoms with Crippen molar-refractivity contribution >= 4 is 16.8 Å². The predicted molar refractivity (Wildman–Crippen MR) is 65.7 cm³/mol. The van der Waals surface area contributed by atoms with Crippen LogP contribution in [0.15, 0.2) is 22.6 Å². The van der Waals surface area contributed by atoms with E-state index in [0.717, 1.165) is 36.3 Å². The van der Waals surface area contributed by atoms with E-state index in [-0.39, 0.29) is 5.60 Å². The Kier molecular flexibility index (Phi) is 2.33. The summed E-state index contributed by atoms with van der Waals surface area (Å²) in [5.74, 6) is 0.743. The molecule has 0 aliphatic heterocycles. The SMILES string of the molecule is COC1(Cc2nc3cc(N)ccc3o2)CCC1. The summed E-state index contributed by atoms with van der Waals surface area (Å²) >= 11 is 0. The Labute approximate surface area is 99.8 Å². The predicted octanol–water partition coefficient (Wildman–Crippen LogP) is 2.52. The van der Waals surface area contributed by atoms with Crippen molar-refractivity contribution in [1.82, 2.24) is 4.98 Å². The molecule has 4 nitrogen and oxygen atoms in total. The van der Waals surface area contributed by atoms with Gasteiger partial charge in [0, 0.05) is 12.8 Å². The molecule has 1 aromatic carbocycles. The molecular formula is C13H16N2O2. The highest BCUT2D eigenvalue weighted by Gasteiger charge is 2.38. The fourth-order valence-electron chi connectivity index (χ4n) is 2.37. The number of anilines is 1. The molecule has 0 radical (unpaired) electrons. The molecule has 2 N–H and O–H groups in total. The lowest BCUT2D eigenvalue weighted by Gasteiger charge is -2.39. The van der Waals surface area contributed by atoms with Gasteiger partial charge in [-0.15, -0.1) is 0 Å².